The highest BCUT2D eigenvalue weighted by molar-refractivity contribution is 7.80. The number of nitrogens with one attached hydrogen (secondary N) is 1. The van der Waals surface area contributed by atoms with E-state index in [0.717, 1.165) is 22.8 Å². The number of nitrogens with two attached hydrogens (primary N) is 1. The maximum Gasteiger partial charge on any atom is 0.138 e. The van der Waals surface area contributed by atoms with Gasteiger partial charge in [0.15, 0.2) is 0 Å². The number of aromatic nitrogens is 2. The number of rotatable bonds is 3. The van der Waals surface area contributed by atoms with Gasteiger partial charge in [0.05, 0.1) is 11.3 Å². The molecule has 3 N–H and O–H groups in total. The van der Waals surface area contributed by atoms with E-state index in [-0.39, 0.29) is 0 Å². The van der Waals surface area contributed by atoms with Gasteiger partial charge in [0.1, 0.15) is 10.8 Å². The van der Waals surface area contributed by atoms with Crippen molar-refractivity contribution in [1.82, 2.24) is 9.78 Å². The molecule has 0 aliphatic carbocycles. The number of benzene rings is 1. The highest BCUT2D eigenvalue weighted by atomic mass is 32.1. The summed E-state index contributed by atoms with van der Waals surface area (Å²) in [5.41, 5.74) is 10.8. The number of aryl methyl sites for hydroxylation is 4. The molecule has 4 nitrogen and oxygen atoms in total. The molecular weight excluding hydrogens is 256 g/mol. The van der Waals surface area contributed by atoms with Gasteiger partial charge in [0.25, 0.3) is 0 Å². The van der Waals surface area contributed by atoms with Crippen LogP contribution in [-0.2, 0) is 7.05 Å². The lowest BCUT2D eigenvalue weighted by molar-refractivity contribution is 0.765. The van der Waals surface area contributed by atoms with Crippen LogP contribution in [0.25, 0.3) is 0 Å². The molecule has 1 aromatic carbocycles. The molecule has 19 heavy (non-hydrogen) atoms. The summed E-state index contributed by atoms with van der Waals surface area (Å²) in [6, 6.07) is 6.27. The highest BCUT2D eigenvalue weighted by Crippen LogP contribution is 2.25. The largest absolute Gasteiger partial charge is 0.389 e. The topological polar surface area (TPSA) is 55.9 Å². The van der Waals surface area contributed by atoms with Crippen LogP contribution in [0.3, 0.4) is 0 Å². The first kappa shape index (κ1) is 13.5. The fourth-order valence-corrected chi connectivity index (χ4v) is 2.34. The van der Waals surface area contributed by atoms with Gasteiger partial charge in [-0.1, -0.05) is 24.4 Å². The Hall–Kier alpha value is -1.88. The van der Waals surface area contributed by atoms with Crippen molar-refractivity contribution in [3.8, 4) is 0 Å². The third-order valence-corrected chi connectivity index (χ3v) is 3.32. The molecule has 1 heterocycles. The normalized spacial score (nSPS) is 10.5. The fourth-order valence-electron chi connectivity index (χ4n) is 2.09. The molecule has 0 saturated carbocycles. The molecule has 2 aromatic rings. The second kappa shape index (κ2) is 5.01. The smallest absolute Gasteiger partial charge is 0.138 e. The average molecular weight is 274 g/mol. The Morgan fingerprint density at radius 3 is 2.63 bits per heavy atom. The minimum atomic E-state index is 0.360. The van der Waals surface area contributed by atoms with Crippen molar-refractivity contribution < 1.29 is 0 Å². The Balaban J connectivity index is 2.49. The number of hydrogen-bond donors (Lipinski definition) is 2. The Kier molecular flexibility index (Phi) is 3.57. The Morgan fingerprint density at radius 2 is 2.00 bits per heavy atom. The summed E-state index contributed by atoms with van der Waals surface area (Å²) in [7, 11) is 1.88. The summed E-state index contributed by atoms with van der Waals surface area (Å²) in [6.07, 6.45) is 0. The second-order valence-electron chi connectivity index (χ2n) is 4.74. The molecule has 0 unspecified atom stereocenters. The van der Waals surface area contributed by atoms with Crippen molar-refractivity contribution in [2.45, 2.75) is 20.8 Å². The molecule has 0 fully saturated rings. The third kappa shape index (κ3) is 2.61. The van der Waals surface area contributed by atoms with Gasteiger partial charge in [-0.15, -0.1) is 0 Å². The monoisotopic (exact) mass is 274 g/mol. The van der Waals surface area contributed by atoms with E-state index in [1.807, 2.05) is 14.0 Å². The number of nitrogens with zero attached hydrogens (tertiary/aromatic N) is 2. The standard InChI is InChI=1S/C14H18N4S/c1-8-5-6-9(2)11(7-8)16-14-12(13(15)19)10(3)17-18(14)4/h5-7,16H,1-4H3,(H2,15,19). The first-order valence-electron chi connectivity index (χ1n) is 6.08. The summed E-state index contributed by atoms with van der Waals surface area (Å²) in [5.74, 6) is 0.832. The zero-order chi connectivity index (χ0) is 14.2. The second-order valence-corrected chi connectivity index (χ2v) is 5.18. The van der Waals surface area contributed by atoms with Crippen LogP contribution in [0.5, 0.6) is 0 Å². The molecule has 100 valence electrons. The van der Waals surface area contributed by atoms with Gasteiger partial charge in [-0.2, -0.15) is 5.10 Å². The first-order valence-corrected chi connectivity index (χ1v) is 6.48. The first-order chi connectivity index (χ1) is 8.90. The predicted octanol–water partition coefficient (Wildman–Crippen LogP) is 2.72. The van der Waals surface area contributed by atoms with E-state index in [9.17, 15) is 0 Å². The van der Waals surface area contributed by atoms with E-state index in [1.165, 1.54) is 11.1 Å². The molecule has 2 rings (SSSR count). The quantitative estimate of drug-likeness (QED) is 0.845. The van der Waals surface area contributed by atoms with E-state index in [4.69, 9.17) is 18.0 Å². The van der Waals surface area contributed by atoms with E-state index in [0.29, 0.717) is 4.99 Å². The third-order valence-electron chi connectivity index (χ3n) is 3.11. The van der Waals surface area contributed by atoms with Gasteiger partial charge < -0.3 is 11.1 Å². The molecule has 5 heteroatoms. The van der Waals surface area contributed by atoms with Crippen molar-refractivity contribution in [2.24, 2.45) is 12.8 Å². The van der Waals surface area contributed by atoms with Crippen LogP contribution in [0.4, 0.5) is 11.5 Å². The lowest BCUT2D eigenvalue weighted by Crippen LogP contribution is -2.13. The molecule has 0 radical (unpaired) electrons. The summed E-state index contributed by atoms with van der Waals surface area (Å²) in [4.78, 5) is 0.360. The van der Waals surface area contributed by atoms with Gasteiger partial charge in [0.2, 0.25) is 0 Å². The zero-order valence-electron chi connectivity index (χ0n) is 11.6. The van der Waals surface area contributed by atoms with Crippen LogP contribution in [-0.4, -0.2) is 14.8 Å². The number of anilines is 2. The van der Waals surface area contributed by atoms with Crippen LogP contribution in [0.2, 0.25) is 0 Å². The van der Waals surface area contributed by atoms with Crippen molar-refractivity contribution in [3.63, 3.8) is 0 Å². The Bertz CT molecular complexity index is 643. The summed E-state index contributed by atoms with van der Waals surface area (Å²) >= 11 is 5.11. The molecule has 0 aliphatic heterocycles. The van der Waals surface area contributed by atoms with Crippen LogP contribution in [0, 0.1) is 20.8 Å². The lowest BCUT2D eigenvalue weighted by Gasteiger charge is -2.12. The molecule has 0 bridgehead atoms. The van der Waals surface area contributed by atoms with E-state index >= 15 is 0 Å². The van der Waals surface area contributed by atoms with Gasteiger partial charge in [-0.3, -0.25) is 4.68 Å². The maximum absolute atomic E-state index is 5.79. The number of hydrogen-bond acceptors (Lipinski definition) is 3. The molecule has 0 amide bonds. The van der Waals surface area contributed by atoms with Gasteiger partial charge in [0, 0.05) is 12.7 Å². The summed E-state index contributed by atoms with van der Waals surface area (Å²) in [6.45, 7) is 6.03. The Morgan fingerprint density at radius 1 is 1.32 bits per heavy atom. The molecule has 1 aromatic heterocycles. The van der Waals surface area contributed by atoms with Crippen LogP contribution in [0.1, 0.15) is 22.4 Å². The van der Waals surface area contributed by atoms with Crippen LogP contribution >= 0.6 is 12.2 Å². The summed E-state index contributed by atoms with van der Waals surface area (Å²) < 4.78 is 1.77. The van der Waals surface area contributed by atoms with Gasteiger partial charge in [-0.25, -0.2) is 0 Å². The Labute approximate surface area is 118 Å². The van der Waals surface area contributed by atoms with E-state index < -0.39 is 0 Å². The fraction of sp³-hybridized carbons (Fsp3) is 0.286. The van der Waals surface area contributed by atoms with Gasteiger partial charge in [-0.05, 0) is 38.0 Å². The van der Waals surface area contributed by atoms with Crippen molar-refractivity contribution in [2.75, 3.05) is 5.32 Å². The van der Waals surface area contributed by atoms with Crippen LogP contribution in [0.15, 0.2) is 18.2 Å². The minimum Gasteiger partial charge on any atom is -0.389 e. The molecular formula is C14H18N4S. The maximum atomic E-state index is 5.79. The van der Waals surface area contributed by atoms with Crippen LogP contribution < -0.4 is 11.1 Å². The van der Waals surface area contributed by atoms with Crippen molar-refractivity contribution >= 4 is 28.7 Å². The van der Waals surface area contributed by atoms with E-state index in [2.05, 4.69) is 42.5 Å². The highest BCUT2D eigenvalue weighted by Gasteiger charge is 2.16. The minimum absolute atomic E-state index is 0.360. The molecule has 0 aliphatic rings. The predicted molar refractivity (Wildman–Crippen MR) is 83.0 cm³/mol. The SMILES string of the molecule is Cc1ccc(C)c(Nc2c(C(N)=S)c(C)nn2C)c1. The summed E-state index contributed by atoms with van der Waals surface area (Å²) in [5, 5.41) is 7.75. The molecule has 0 saturated heterocycles. The van der Waals surface area contributed by atoms with Crippen molar-refractivity contribution in [1.29, 1.82) is 0 Å². The molecule has 0 spiro atoms. The van der Waals surface area contributed by atoms with E-state index in [1.54, 1.807) is 4.68 Å². The van der Waals surface area contributed by atoms with Gasteiger partial charge >= 0.3 is 0 Å². The lowest BCUT2D eigenvalue weighted by atomic mass is 10.1. The van der Waals surface area contributed by atoms with Crippen molar-refractivity contribution in [3.05, 3.63) is 40.6 Å². The number of thiocarbonyl (C=S) groups is 1. The molecule has 0 atom stereocenters. The average Bonchev–Trinajstić information content (AvgIpc) is 2.59. The zero-order valence-corrected chi connectivity index (χ0v) is 12.4.